The van der Waals surface area contributed by atoms with Crippen molar-refractivity contribution in [3.8, 4) is 0 Å². The van der Waals surface area contributed by atoms with Gasteiger partial charge in [0.25, 0.3) is 5.91 Å². The summed E-state index contributed by atoms with van der Waals surface area (Å²) < 4.78 is 1.68. The van der Waals surface area contributed by atoms with Crippen LogP contribution in [0.3, 0.4) is 0 Å². The monoisotopic (exact) mass is 443 g/mol. The molecule has 160 valence electrons. The van der Waals surface area contributed by atoms with Gasteiger partial charge in [-0.25, -0.2) is 0 Å². The van der Waals surface area contributed by atoms with E-state index in [0.717, 1.165) is 39.6 Å². The average Bonchev–Trinajstić information content (AvgIpc) is 3.05. The average molecular weight is 444 g/mol. The molecule has 0 unspecified atom stereocenters. The van der Waals surface area contributed by atoms with Gasteiger partial charge in [-0.2, -0.15) is 0 Å². The van der Waals surface area contributed by atoms with Crippen molar-refractivity contribution in [3.05, 3.63) is 105 Å². The van der Waals surface area contributed by atoms with Gasteiger partial charge in [0.1, 0.15) is 12.1 Å². The minimum absolute atomic E-state index is 0.0476. The minimum Gasteiger partial charge on any atom is -0.299 e. The molecule has 0 aliphatic heterocycles. The van der Waals surface area contributed by atoms with Crippen LogP contribution in [0, 0.1) is 13.8 Å². The lowest BCUT2D eigenvalue weighted by Gasteiger charge is -2.08. The zero-order valence-corrected chi connectivity index (χ0v) is 18.6. The molecule has 32 heavy (non-hydrogen) atoms. The highest BCUT2D eigenvalue weighted by atomic mass is 35.5. The Hall–Kier alpha value is -3.50. The Morgan fingerprint density at radius 3 is 2.25 bits per heavy atom. The normalized spacial score (nSPS) is 11.0. The molecule has 0 atom stereocenters. The number of benzene rings is 3. The van der Waals surface area contributed by atoms with E-state index in [1.807, 2.05) is 32.0 Å². The van der Waals surface area contributed by atoms with Gasteiger partial charge in [0, 0.05) is 40.1 Å². The van der Waals surface area contributed by atoms with Gasteiger partial charge in [-0.05, 0) is 61.4 Å². The van der Waals surface area contributed by atoms with E-state index in [4.69, 9.17) is 11.6 Å². The summed E-state index contributed by atoms with van der Waals surface area (Å²) in [4.78, 5) is 37.1. The zero-order chi connectivity index (χ0) is 22.8. The van der Waals surface area contributed by atoms with E-state index in [9.17, 15) is 14.4 Å². The Morgan fingerprint density at radius 2 is 1.59 bits per heavy atom. The third-order valence-electron chi connectivity index (χ3n) is 5.68. The number of ketones is 1. The lowest BCUT2D eigenvalue weighted by atomic mass is 9.99. The summed E-state index contributed by atoms with van der Waals surface area (Å²) in [7, 11) is 0. The van der Waals surface area contributed by atoms with Gasteiger partial charge in [-0.15, -0.1) is 0 Å². The molecular weight excluding hydrogens is 422 g/mol. The Morgan fingerprint density at radius 1 is 0.906 bits per heavy atom. The van der Waals surface area contributed by atoms with Crippen LogP contribution in [-0.4, -0.2) is 22.5 Å². The molecule has 0 fully saturated rings. The highest BCUT2D eigenvalue weighted by Crippen LogP contribution is 2.29. The van der Waals surface area contributed by atoms with Crippen LogP contribution in [0.15, 0.2) is 66.7 Å². The number of nitrogens with zero attached hydrogens (tertiary/aromatic N) is 1. The van der Waals surface area contributed by atoms with E-state index >= 15 is 0 Å². The summed E-state index contributed by atoms with van der Waals surface area (Å²) in [5.41, 5.74) is 5.43. The molecule has 3 aromatic carbocycles. The third-order valence-corrected chi connectivity index (χ3v) is 5.93. The highest BCUT2D eigenvalue weighted by Gasteiger charge is 2.21. The van der Waals surface area contributed by atoms with Crippen LogP contribution in [0.4, 0.5) is 0 Å². The van der Waals surface area contributed by atoms with Crippen LogP contribution in [0.25, 0.3) is 10.9 Å². The van der Waals surface area contributed by atoms with Crippen LogP contribution < -0.4 is 0 Å². The van der Waals surface area contributed by atoms with Gasteiger partial charge in [0.2, 0.25) is 0 Å². The predicted molar refractivity (Wildman–Crippen MR) is 127 cm³/mol. The lowest BCUT2D eigenvalue weighted by Crippen LogP contribution is -2.14. The maximum absolute atomic E-state index is 13.3. The van der Waals surface area contributed by atoms with Crippen LogP contribution >= 0.6 is 11.6 Å². The molecule has 0 bridgehead atoms. The Balaban J connectivity index is 1.70. The smallest absolute Gasteiger partial charge is 0.262 e. The summed E-state index contributed by atoms with van der Waals surface area (Å²) in [6.45, 7) is 3.87. The molecule has 0 spiro atoms. The van der Waals surface area contributed by atoms with Crippen LogP contribution in [-0.2, 0) is 17.6 Å². The van der Waals surface area contributed by atoms with Gasteiger partial charge in [-0.3, -0.25) is 19.0 Å². The van der Waals surface area contributed by atoms with Gasteiger partial charge in [0.15, 0.2) is 0 Å². The van der Waals surface area contributed by atoms with Crippen LogP contribution in [0.2, 0.25) is 5.02 Å². The molecule has 5 heteroatoms. The van der Waals surface area contributed by atoms with E-state index in [-0.39, 0.29) is 24.5 Å². The fraction of sp³-hybridized carbons (Fsp3) is 0.148. The lowest BCUT2D eigenvalue weighted by molar-refractivity contribution is -0.117. The van der Waals surface area contributed by atoms with E-state index in [1.54, 1.807) is 53.1 Å². The molecular formula is C27H22ClNO3. The number of rotatable bonds is 6. The molecule has 0 amide bonds. The first-order valence-corrected chi connectivity index (χ1v) is 10.7. The first-order valence-electron chi connectivity index (χ1n) is 10.3. The van der Waals surface area contributed by atoms with Crippen molar-refractivity contribution in [2.75, 3.05) is 0 Å². The molecule has 0 radical (unpaired) electrons. The largest absolute Gasteiger partial charge is 0.299 e. The van der Waals surface area contributed by atoms with Gasteiger partial charge >= 0.3 is 0 Å². The van der Waals surface area contributed by atoms with E-state index in [1.165, 1.54) is 0 Å². The second-order valence-electron chi connectivity index (χ2n) is 7.98. The van der Waals surface area contributed by atoms with Crippen LogP contribution in [0.5, 0.6) is 0 Å². The molecule has 4 aromatic rings. The van der Waals surface area contributed by atoms with Gasteiger partial charge < -0.3 is 0 Å². The molecule has 1 aromatic heterocycles. The van der Waals surface area contributed by atoms with Crippen molar-refractivity contribution in [2.24, 2.45) is 0 Å². The number of aryl methyl sites for hydroxylation is 1. The Kier molecular flexibility index (Phi) is 6.06. The van der Waals surface area contributed by atoms with Crippen molar-refractivity contribution < 1.29 is 14.4 Å². The first kappa shape index (κ1) is 21.7. The molecule has 4 nitrogen and oxygen atoms in total. The van der Waals surface area contributed by atoms with E-state index in [2.05, 4.69) is 0 Å². The quantitative estimate of drug-likeness (QED) is 0.355. The fourth-order valence-electron chi connectivity index (χ4n) is 4.00. The zero-order valence-electron chi connectivity index (χ0n) is 17.9. The fourth-order valence-corrected chi connectivity index (χ4v) is 4.13. The number of carbonyl (C=O) groups excluding carboxylic acids is 3. The second kappa shape index (κ2) is 8.93. The molecule has 0 saturated carbocycles. The topological polar surface area (TPSA) is 56.1 Å². The second-order valence-corrected chi connectivity index (χ2v) is 8.42. The molecule has 0 aliphatic rings. The number of aromatic nitrogens is 1. The maximum Gasteiger partial charge on any atom is 0.262 e. The summed E-state index contributed by atoms with van der Waals surface area (Å²) >= 11 is 5.98. The highest BCUT2D eigenvalue weighted by molar-refractivity contribution is 6.30. The minimum atomic E-state index is -0.156. The number of hydrogen-bond acceptors (Lipinski definition) is 3. The molecule has 0 N–H and O–H groups in total. The summed E-state index contributed by atoms with van der Waals surface area (Å²) in [6.07, 6.45) is 1.27. The van der Waals surface area contributed by atoms with Gasteiger partial charge in [-0.1, -0.05) is 47.5 Å². The maximum atomic E-state index is 13.3. The molecule has 0 aliphatic carbocycles. The standard InChI is InChI=1S/C27H22ClNO3/c1-17-3-12-26-25(13-17)24(15-23(31)14-19-4-6-20(16-30)7-5-19)18(2)29(26)27(32)21-8-10-22(28)11-9-21/h3-13,16H,14-15H2,1-2H3. The third kappa shape index (κ3) is 4.27. The van der Waals surface area contributed by atoms with Gasteiger partial charge in [0.05, 0.1) is 5.52 Å². The Bertz CT molecular complexity index is 1330. The van der Waals surface area contributed by atoms with Crippen molar-refractivity contribution in [3.63, 3.8) is 0 Å². The summed E-state index contributed by atoms with van der Waals surface area (Å²) in [5.74, 6) is -0.109. The van der Waals surface area contributed by atoms with Crippen LogP contribution in [0.1, 0.15) is 43.1 Å². The number of carbonyl (C=O) groups is 3. The van der Waals surface area contributed by atoms with E-state index < -0.39 is 0 Å². The Labute approximate surface area is 191 Å². The van der Waals surface area contributed by atoms with E-state index in [0.29, 0.717) is 16.1 Å². The number of Topliss-reactive ketones (excluding diaryl/α,β-unsaturated/α-hetero) is 1. The summed E-state index contributed by atoms with van der Waals surface area (Å²) in [6, 6.07) is 19.7. The number of aldehydes is 1. The van der Waals surface area contributed by atoms with Crippen molar-refractivity contribution in [1.29, 1.82) is 0 Å². The number of hydrogen-bond donors (Lipinski definition) is 0. The number of fused-ring (bicyclic) bond motifs is 1. The molecule has 1 heterocycles. The van der Waals surface area contributed by atoms with Crippen molar-refractivity contribution in [1.82, 2.24) is 4.57 Å². The van der Waals surface area contributed by atoms with Crippen molar-refractivity contribution in [2.45, 2.75) is 26.7 Å². The molecule has 0 saturated heterocycles. The predicted octanol–water partition coefficient (Wildman–Crippen LogP) is 5.77. The summed E-state index contributed by atoms with van der Waals surface area (Å²) in [5, 5.41) is 1.48. The van der Waals surface area contributed by atoms with Crippen molar-refractivity contribution >= 4 is 40.5 Å². The molecule has 4 rings (SSSR count). The SMILES string of the molecule is Cc1ccc2c(c1)c(CC(=O)Cc1ccc(C=O)cc1)c(C)n2C(=O)c1ccc(Cl)cc1. The number of halogens is 1. The first-order chi connectivity index (χ1) is 15.4.